The van der Waals surface area contributed by atoms with Gasteiger partial charge in [0.05, 0.1) is 11.5 Å². The monoisotopic (exact) mass is 383 g/mol. The van der Waals surface area contributed by atoms with Gasteiger partial charge < -0.3 is 0 Å². The molecule has 1 fully saturated rings. The van der Waals surface area contributed by atoms with Crippen molar-refractivity contribution in [3.05, 3.63) is 29.0 Å². The van der Waals surface area contributed by atoms with Gasteiger partial charge in [-0.2, -0.15) is 4.31 Å². The molecule has 0 unspecified atom stereocenters. The highest BCUT2D eigenvalue weighted by atomic mass is 35.5. The molecule has 1 aliphatic rings. The molecule has 0 spiro atoms. The van der Waals surface area contributed by atoms with Gasteiger partial charge in [0.2, 0.25) is 10.0 Å². The van der Waals surface area contributed by atoms with Crippen LogP contribution < -0.4 is 0 Å². The van der Waals surface area contributed by atoms with Crippen LogP contribution in [0.1, 0.15) is 20.3 Å². The highest BCUT2D eigenvalue weighted by molar-refractivity contribution is 7.92. The molecule has 9 heteroatoms. The molecule has 0 aliphatic carbocycles. The zero-order valence-electron chi connectivity index (χ0n) is 12.9. The van der Waals surface area contributed by atoms with Gasteiger partial charge in [-0.1, -0.05) is 25.4 Å². The number of halogens is 2. The second-order valence-electron chi connectivity index (χ2n) is 6.10. The van der Waals surface area contributed by atoms with E-state index >= 15 is 0 Å². The molecule has 0 aromatic heterocycles. The Hall–Kier alpha value is -0.700. The van der Waals surface area contributed by atoms with Gasteiger partial charge in [-0.05, 0) is 30.5 Å². The summed E-state index contributed by atoms with van der Waals surface area (Å²) in [5.41, 5.74) is 0. The summed E-state index contributed by atoms with van der Waals surface area (Å²) in [6, 6.07) is 2.69. The number of hydrogen-bond acceptors (Lipinski definition) is 4. The Labute approximate surface area is 141 Å². The molecule has 130 valence electrons. The van der Waals surface area contributed by atoms with Crippen molar-refractivity contribution >= 4 is 31.5 Å². The number of sulfonamides is 1. The lowest BCUT2D eigenvalue weighted by Gasteiger charge is -2.29. The first kappa shape index (κ1) is 18.6. The van der Waals surface area contributed by atoms with Gasteiger partial charge in [0, 0.05) is 17.6 Å². The van der Waals surface area contributed by atoms with Crippen LogP contribution in [0.5, 0.6) is 0 Å². The van der Waals surface area contributed by atoms with E-state index in [4.69, 9.17) is 11.6 Å². The van der Waals surface area contributed by atoms with Crippen LogP contribution in [0.3, 0.4) is 0 Å². The summed E-state index contributed by atoms with van der Waals surface area (Å²) in [5, 5.41) is 0.0975. The van der Waals surface area contributed by atoms with Crippen LogP contribution >= 0.6 is 11.6 Å². The Morgan fingerprint density at radius 2 is 2.04 bits per heavy atom. The van der Waals surface area contributed by atoms with Crippen molar-refractivity contribution in [3.63, 3.8) is 0 Å². The molecular weight excluding hydrogens is 365 g/mol. The molecule has 1 aromatic carbocycles. The molecule has 5 nitrogen and oxygen atoms in total. The third-order valence-electron chi connectivity index (χ3n) is 3.64. The van der Waals surface area contributed by atoms with Crippen LogP contribution in [0.15, 0.2) is 23.1 Å². The summed E-state index contributed by atoms with van der Waals surface area (Å²) >= 11 is 5.67. The smallest absolute Gasteiger partial charge is 0.229 e. The fourth-order valence-corrected chi connectivity index (χ4v) is 6.47. The third kappa shape index (κ3) is 4.23. The largest absolute Gasteiger partial charge is 0.246 e. The third-order valence-corrected chi connectivity index (χ3v) is 7.58. The Morgan fingerprint density at radius 1 is 1.39 bits per heavy atom. The zero-order valence-corrected chi connectivity index (χ0v) is 15.3. The van der Waals surface area contributed by atoms with E-state index in [9.17, 15) is 21.2 Å². The minimum absolute atomic E-state index is 0.0246. The Balaban J connectivity index is 2.45. The Bertz CT molecular complexity index is 793. The Kier molecular flexibility index (Phi) is 5.40. The van der Waals surface area contributed by atoms with Crippen LogP contribution in [-0.2, 0) is 19.9 Å². The molecule has 1 heterocycles. The first-order valence-corrected chi connectivity index (χ1v) is 10.8. The van der Waals surface area contributed by atoms with Crippen LogP contribution in [0.4, 0.5) is 4.39 Å². The number of nitrogens with zero attached hydrogens (tertiary/aromatic N) is 1. The summed E-state index contributed by atoms with van der Waals surface area (Å²) in [6.07, 6.45) is 0.226. The van der Waals surface area contributed by atoms with Crippen molar-refractivity contribution < 1.29 is 21.2 Å². The van der Waals surface area contributed by atoms with E-state index in [1.807, 2.05) is 13.8 Å². The van der Waals surface area contributed by atoms with E-state index in [0.29, 0.717) is 0 Å². The second kappa shape index (κ2) is 6.66. The lowest BCUT2D eigenvalue weighted by molar-refractivity contribution is 0.306. The van der Waals surface area contributed by atoms with Gasteiger partial charge in [0.1, 0.15) is 10.7 Å². The SMILES string of the molecule is CC(C)CN([C@@H]1CCS(=O)(=O)C1)S(=O)(=O)c1ccc(Cl)cc1F. The van der Waals surface area contributed by atoms with E-state index in [2.05, 4.69) is 0 Å². The van der Waals surface area contributed by atoms with E-state index < -0.39 is 36.6 Å². The van der Waals surface area contributed by atoms with Gasteiger partial charge in [0.15, 0.2) is 9.84 Å². The standard InChI is InChI=1S/C14H19ClFNO4S2/c1-10(2)8-17(12-5-6-22(18,19)9-12)23(20,21)14-4-3-11(15)7-13(14)16/h3-4,7,10,12H,5-6,8-9H2,1-2H3/t12-/m1/s1. The molecule has 1 saturated heterocycles. The fourth-order valence-electron chi connectivity index (χ4n) is 2.62. The fraction of sp³-hybridized carbons (Fsp3) is 0.571. The predicted molar refractivity (Wildman–Crippen MR) is 87.2 cm³/mol. The zero-order chi connectivity index (χ0) is 17.4. The normalized spacial score (nSPS) is 21.2. The van der Waals surface area contributed by atoms with Crippen molar-refractivity contribution in [1.29, 1.82) is 0 Å². The summed E-state index contributed by atoms with van der Waals surface area (Å²) < 4.78 is 64.3. The second-order valence-corrected chi connectivity index (χ2v) is 10.6. The maximum atomic E-state index is 14.1. The van der Waals surface area contributed by atoms with Crippen LogP contribution in [0, 0.1) is 11.7 Å². The van der Waals surface area contributed by atoms with E-state index in [1.165, 1.54) is 6.07 Å². The summed E-state index contributed by atoms with van der Waals surface area (Å²) in [5.74, 6) is -1.24. The lowest BCUT2D eigenvalue weighted by atomic mass is 10.2. The predicted octanol–water partition coefficient (Wildman–Crippen LogP) is 2.31. The molecule has 0 radical (unpaired) electrons. The molecule has 1 aromatic rings. The molecule has 2 rings (SSSR count). The van der Waals surface area contributed by atoms with E-state index in [-0.39, 0.29) is 35.4 Å². The molecule has 1 aliphatic heterocycles. The van der Waals surface area contributed by atoms with E-state index in [1.54, 1.807) is 0 Å². The van der Waals surface area contributed by atoms with Gasteiger partial charge in [-0.25, -0.2) is 21.2 Å². The minimum Gasteiger partial charge on any atom is -0.229 e. The summed E-state index contributed by atoms with van der Waals surface area (Å²) in [6.45, 7) is 3.78. The molecule has 0 amide bonds. The van der Waals surface area contributed by atoms with Gasteiger partial charge in [-0.15, -0.1) is 0 Å². The molecule has 0 N–H and O–H groups in total. The van der Waals surface area contributed by atoms with Crippen LogP contribution in [-0.4, -0.2) is 45.2 Å². The number of benzene rings is 1. The average Bonchev–Trinajstić information content (AvgIpc) is 2.75. The van der Waals surface area contributed by atoms with Crippen molar-refractivity contribution in [1.82, 2.24) is 4.31 Å². The number of hydrogen-bond donors (Lipinski definition) is 0. The van der Waals surface area contributed by atoms with Gasteiger partial charge in [-0.3, -0.25) is 0 Å². The topological polar surface area (TPSA) is 71.5 Å². The van der Waals surface area contributed by atoms with E-state index in [0.717, 1.165) is 16.4 Å². The molecular formula is C14H19ClFNO4S2. The van der Waals surface area contributed by atoms with Crippen molar-refractivity contribution in [2.24, 2.45) is 5.92 Å². The molecule has 0 bridgehead atoms. The molecule has 1 atom stereocenters. The highest BCUT2D eigenvalue weighted by Gasteiger charge is 2.39. The van der Waals surface area contributed by atoms with Crippen LogP contribution in [0.25, 0.3) is 0 Å². The maximum absolute atomic E-state index is 14.1. The van der Waals surface area contributed by atoms with Crippen molar-refractivity contribution in [2.45, 2.75) is 31.2 Å². The summed E-state index contributed by atoms with van der Waals surface area (Å²) in [7, 11) is -7.40. The minimum atomic E-state index is -4.14. The molecule has 0 saturated carbocycles. The van der Waals surface area contributed by atoms with Crippen molar-refractivity contribution in [2.75, 3.05) is 18.1 Å². The highest BCUT2D eigenvalue weighted by Crippen LogP contribution is 2.28. The quantitative estimate of drug-likeness (QED) is 0.782. The van der Waals surface area contributed by atoms with Crippen molar-refractivity contribution in [3.8, 4) is 0 Å². The number of sulfone groups is 1. The number of rotatable bonds is 5. The molecule has 23 heavy (non-hydrogen) atoms. The Morgan fingerprint density at radius 3 is 2.52 bits per heavy atom. The van der Waals surface area contributed by atoms with Crippen LogP contribution in [0.2, 0.25) is 5.02 Å². The van der Waals surface area contributed by atoms with Gasteiger partial charge in [0.25, 0.3) is 0 Å². The summed E-state index contributed by atoms with van der Waals surface area (Å²) in [4.78, 5) is -0.480. The first-order chi connectivity index (χ1) is 10.5. The first-order valence-electron chi connectivity index (χ1n) is 7.20. The lowest BCUT2D eigenvalue weighted by Crippen LogP contribution is -2.43. The maximum Gasteiger partial charge on any atom is 0.246 e. The van der Waals surface area contributed by atoms with Gasteiger partial charge >= 0.3 is 0 Å². The average molecular weight is 384 g/mol.